The van der Waals surface area contributed by atoms with Gasteiger partial charge in [0.15, 0.2) is 4.77 Å². The quantitative estimate of drug-likeness (QED) is 0.827. The first-order chi connectivity index (χ1) is 8.72. The van der Waals surface area contributed by atoms with Crippen molar-refractivity contribution in [3.8, 4) is 5.75 Å². The zero-order valence-electron chi connectivity index (χ0n) is 10.8. The molecule has 0 saturated heterocycles. The predicted octanol–water partition coefficient (Wildman–Crippen LogP) is 4.07. The molecule has 96 valence electrons. The number of rotatable bonds is 2. The molecule has 1 saturated carbocycles. The van der Waals surface area contributed by atoms with Crippen LogP contribution in [0.1, 0.15) is 32.2 Å². The third-order valence-electron chi connectivity index (χ3n) is 4.08. The molecule has 3 rings (SSSR count). The largest absolute Gasteiger partial charge is 0.494 e. The van der Waals surface area contributed by atoms with Gasteiger partial charge in [-0.2, -0.15) is 0 Å². The highest BCUT2D eigenvalue weighted by atomic mass is 32.1. The van der Waals surface area contributed by atoms with E-state index in [1.54, 1.807) is 7.11 Å². The molecule has 1 fully saturated rings. The molecule has 1 aromatic heterocycles. The van der Waals surface area contributed by atoms with Gasteiger partial charge in [0.05, 0.1) is 12.6 Å². The van der Waals surface area contributed by atoms with E-state index in [1.165, 1.54) is 19.3 Å². The van der Waals surface area contributed by atoms with Crippen LogP contribution in [0.2, 0.25) is 0 Å². The van der Waals surface area contributed by atoms with Gasteiger partial charge >= 0.3 is 0 Å². The number of para-hydroxylation sites is 1. The summed E-state index contributed by atoms with van der Waals surface area (Å²) in [6.07, 6.45) is 3.81. The summed E-state index contributed by atoms with van der Waals surface area (Å²) in [6.45, 7) is 2.32. The minimum absolute atomic E-state index is 0.526. The van der Waals surface area contributed by atoms with E-state index < -0.39 is 0 Å². The molecule has 0 spiro atoms. The Labute approximate surface area is 112 Å². The molecule has 2 aromatic rings. The Morgan fingerprint density at radius 3 is 2.89 bits per heavy atom. The highest BCUT2D eigenvalue weighted by Crippen LogP contribution is 2.38. The second-order valence-corrected chi connectivity index (χ2v) is 5.52. The van der Waals surface area contributed by atoms with Crippen molar-refractivity contribution < 1.29 is 4.74 Å². The monoisotopic (exact) mass is 262 g/mol. The Bertz CT molecular complexity index is 628. The minimum Gasteiger partial charge on any atom is -0.494 e. The van der Waals surface area contributed by atoms with Gasteiger partial charge < -0.3 is 14.3 Å². The molecule has 2 atom stereocenters. The van der Waals surface area contributed by atoms with Gasteiger partial charge in [-0.15, -0.1) is 0 Å². The SMILES string of the molecule is COc1cccc2c1[nH]c(=S)n2C1CCCC1C. The molecule has 0 bridgehead atoms. The van der Waals surface area contributed by atoms with Crippen LogP contribution in [-0.2, 0) is 0 Å². The van der Waals surface area contributed by atoms with Crippen LogP contribution in [0.15, 0.2) is 18.2 Å². The first-order valence-electron chi connectivity index (χ1n) is 6.49. The van der Waals surface area contributed by atoms with Crippen LogP contribution in [0.5, 0.6) is 5.75 Å². The fourth-order valence-electron chi connectivity index (χ4n) is 3.13. The molecule has 1 aliphatic rings. The van der Waals surface area contributed by atoms with Crippen LogP contribution in [-0.4, -0.2) is 16.7 Å². The molecule has 18 heavy (non-hydrogen) atoms. The smallest absolute Gasteiger partial charge is 0.178 e. The molecule has 1 heterocycles. The Morgan fingerprint density at radius 2 is 2.22 bits per heavy atom. The molecule has 1 aliphatic carbocycles. The van der Waals surface area contributed by atoms with E-state index in [1.807, 2.05) is 12.1 Å². The van der Waals surface area contributed by atoms with Crippen molar-refractivity contribution in [2.24, 2.45) is 5.92 Å². The molecule has 0 radical (unpaired) electrons. The summed E-state index contributed by atoms with van der Waals surface area (Å²) in [4.78, 5) is 3.30. The number of methoxy groups -OCH3 is 1. The summed E-state index contributed by atoms with van der Waals surface area (Å²) in [5.74, 6) is 1.56. The predicted molar refractivity (Wildman–Crippen MR) is 75.7 cm³/mol. The van der Waals surface area contributed by atoms with E-state index >= 15 is 0 Å². The fourth-order valence-corrected chi connectivity index (χ4v) is 3.47. The second-order valence-electron chi connectivity index (χ2n) is 5.13. The van der Waals surface area contributed by atoms with Crippen LogP contribution in [0.4, 0.5) is 0 Å². The maximum atomic E-state index is 5.50. The van der Waals surface area contributed by atoms with Gasteiger partial charge in [0.25, 0.3) is 0 Å². The Morgan fingerprint density at radius 1 is 1.39 bits per heavy atom. The normalized spacial score (nSPS) is 23.7. The van der Waals surface area contributed by atoms with Crippen LogP contribution in [0.25, 0.3) is 11.0 Å². The summed E-state index contributed by atoms with van der Waals surface area (Å²) in [7, 11) is 1.70. The number of imidazole rings is 1. The third kappa shape index (κ3) is 1.67. The van der Waals surface area contributed by atoms with Gasteiger partial charge in [-0.1, -0.05) is 19.4 Å². The molecular weight excluding hydrogens is 244 g/mol. The number of aromatic amines is 1. The van der Waals surface area contributed by atoms with Gasteiger partial charge in [0, 0.05) is 6.04 Å². The Balaban J connectivity index is 2.23. The number of benzene rings is 1. The zero-order valence-corrected chi connectivity index (χ0v) is 11.6. The number of fused-ring (bicyclic) bond motifs is 1. The van der Waals surface area contributed by atoms with Crippen molar-refractivity contribution >= 4 is 23.3 Å². The van der Waals surface area contributed by atoms with Crippen molar-refractivity contribution in [1.29, 1.82) is 0 Å². The first-order valence-corrected chi connectivity index (χ1v) is 6.90. The summed E-state index contributed by atoms with van der Waals surface area (Å²) in [5.41, 5.74) is 2.18. The average molecular weight is 262 g/mol. The molecule has 1 N–H and O–H groups in total. The molecule has 1 aromatic carbocycles. The number of ether oxygens (including phenoxy) is 1. The van der Waals surface area contributed by atoms with E-state index in [4.69, 9.17) is 17.0 Å². The molecule has 2 unspecified atom stereocenters. The number of hydrogen-bond acceptors (Lipinski definition) is 2. The molecular formula is C14H18N2OS. The molecule has 0 amide bonds. The average Bonchev–Trinajstić information content (AvgIpc) is 2.91. The van der Waals surface area contributed by atoms with E-state index in [0.29, 0.717) is 12.0 Å². The van der Waals surface area contributed by atoms with Crippen LogP contribution in [0, 0.1) is 10.7 Å². The lowest BCUT2D eigenvalue weighted by atomic mass is 10.1. The Kier molecular flexibility index (Phi) is 2.90. The number of H-pyrrole nitrogens is 1. The van der Waals surface area contributed by atoms with Crippen molar-refractivity contribution in [3.63, 3.8) is 0 Å². The highest BCUT2D eigenvalue weighted by molar-refractivity contribution is 7.71. The maximum Gasteiger partial charge on any atom is 0.178 e. The van der Waals surface area contributed by atoms with Gasteiger partial charge in [0.2, 0.25) is 0 Å². The topological polar surface area (TPSA) is 29.9 Å². The zero-order chi connectivity index (χ0) is 12.7. The maximum absolute atomic E-state index is 5.50. The van der Waals surface area contributed by atoms with Gasteiger partial charge in [0.1, 0.15) is 11.3 Å². The third-order valence-corrected chi connectivity index (χ3v) is 4.38. The summed E-state index contributed by atoms with van der Waals surface area (Å²) >= 11 is 5.50. The second kappa shape index (κ2) is 4.43. The first kappa shape index (κ1) is 11.8. The van der Waals surface area contributed by atoms with Crippen LogP contribution in [0.3, 0.4) is 0 Å². The van der Waals surface area contributed by atoms with E-state index in [-0.39, 0.29) is 0 Å². The van der Waals surface area contributed by atoms with Crippen molar-refractivity contribution in [3.05, 3.63) is 23.0 Å². The van der Waals surface area contributed by atoms with E-state index in [9.17, 15) is 0 Å². The number of hydrogen-bond donors (Lipinski definition) is 1. The van der Waals surface area contributed by atoms with Crippen LogP contribution < -0.4 is 4.74 Å². The van der Waals surface area contributed by atoms with Crippen molar-refractivity contribution in [1.82, 2.24) is 9.55 Å². The van der Waals surface area contributed by atoms with Gasteiger partial charge in [-0.3, -0.25) is 0 Å². The number of aromatic nitrogens is 2. The van der Waals surface area contributed by atoms with Crippen molar-refractivity contribution in [2.45, 2.75) is 32.2 Å². The molecule has 0 aliphatic heterocycles. The van der Waals surface area contributed by atoms with Crippen molar-refractivity contribution in [2.75, 3.05) is 7.11 Å². The number of nitrogens with zero attached hydrogens (tertiary/aromatic N) is 1. The van der Waals surface area contributed by atoms with E-state index in [2.05, 4.69) is 22.5 Å². The van der Waals surface area contributed by atoms with Crippen LogP contribution >= 0.6 is 12.2 Å². The summed E-state index contributed by atoms with van der Waals surface area (Å²) in [6, 6.07) is 6.64. The fraction of sp³-hybridized carbons (Fsp3) is 0.500. The lowest BCUT2D eigenvalue weighted by Gasteiger charge is -2.18. The lowest BCUT2D eigenvalue weighted by molar-refractivity contribution is 0.412. The molecule has 4 heteroatoms. The Hall–Kier alpha value is -1.29. The van der Waals surface area contributed by atoms with Gasteiger partial charge in [-0.25, -0.2) is 0 Å². The minimum atomic E-state index is 0.526. The van der Waals surface area contributed by atoms with E-state index in [0.717, 1.165) is 21.6 Å². The standard InChI is InChI=1S/C14H18N2OS/c1-9-5-3-6-10(9)16-11-7-4-8-12(17-2)13(11)15-14(16)18/h4,7-10H,3,5-6H2,1-2H3,(H,15,18). The number of nitrogens with one attached hydrogen (secondary N) is 1. The summed E-state index contributed by atoms with van der Waals surface area (Å²) < 4.78 is 8.49. The summed E-state index contributed by atoms with van der Waals surface area (Å²) in [5, 5.41) is 0. The molecule has 3 nitrogen and oxygen atoms in total. The highest BCUT2D eigenvalue weighted by Gasteiger charge is 2.27. The lowest BCUT2D eigenvalue weighted by Crippen LogP contribution is -2.11. The van der Waals surface area contributed by atoms with Gasteiger partial charge in [-0.05, 0) is 43.1 Å².